The zero-order valence-corrected chi connectivity index (χ0v) is 6.32. The number of hydrogen-bond acceptors (Lipinski definition) is 3. The summed E-state index contributed by atoms with van der Waals surface area (Å²) in [4.78, 5) is 11.4. The minimum Gasteiger partial charge on any atom is -0.314 e. The molecule has 0 amide bonds. The van der Waals surface area contributed by atoms with Gasteiger partial charge in [0.2, 0.25) is 5.78 Å². The molecule has 58 valence electrons. The number of carbonyl (C=O) groups excluding carboxylic acids is 1. The van der Waals surface area contributed by atoms with Crippen molar-refractivity contribution in [2.75, 3.05) is 0 Å². The Bertz CT molecular complexity index is 288. The number of aryl methyl sites for hydroxylation is 1. The summed E-state index contributed by atoms with van der Waals surface area (Å²) in [6.07, 6.45) is 3.59. The highest BCUT2D eigenvalue weighted by Gasteiger charge is 2.32. The number of rotatable bonds is 2. The van der Waals surface area contributed by atoms with Crippen LogP contribution in [0.25, 0.3) is 0 Å². The maximum atomic E-state index is 11.4. The Morgan fingerprint density at radius 3 is 2.91 bits per heavy atom. The molecule has 4 heteroatoms. The van der Waals surface area contributed by atoms with Crippen molar-refractivity contribution in [3.05, 3.63) is 12.2 Å². The van der Waals surface area contributed by atoms with Crippen molar-refractivity contribution >= 4 is 5.78 Å². The molecular weight excluding hydrogens is 142 g/mol. The van der Waals surface area contributed by atoms with Crippen LogP contribution in [0.2, 0.25) is 0 Å². The summed E-state index contributed by atoms with van der Waals surface area (Å²) in [6, 6.07) is 0. The fourth-order valence-electron chi connectivity index (χ4n) is 1.03. The first-order valence-electron chi connectivity index (χ1n) is 3.67. The number of carbonyl (C=O) groups is 1. The molecule has 0 aromatic carbocycles. The minimum absolute atomic E-state index is 0.144. The van der Waals surface area contributed by atoms with E-state index in [0.29, 0.717) is 5.82 Å². The predicted octanol–water partition coefficient (Wildman–Crippen LogP) is 0.408. The molecule has 11 heavy (non-hydrogen) atoms. The zero-order valence-electron chi connectivity index (χ0n) is 6.32. The molecule has 1 aliphatic carbocycles. The van der Waals surface area contributed by atoms with Crippen molar-refractivity contribution < 1.29 is 4.79 Å². The van der Waals surface area contributed by atoms with E-state index < -0.39 is 0 Å². The Labute approximate surface area is 64.2 Å². The van der Waals surface area contributed by atoms with Crippen LogP contribution in [0.4, 0.5) is 0 Å². The summed E-state index contributed by atoms with van der Waals surface area (Å²) in [5.74, 6) is 0.871. The van der Waals surface area contributed by atoms with Crippen molar-refractivity contribution in [2.45, 2.75) is 12.8 Å². The van der Waals surface area contributed by atoms with Gasteiger partial charge in [-0.05, 0) is 12.8 Å². The Kier molecular flexibility index (Phi) is 1.27. The van der Waals surface area contributed by atoms with Gasteiger partial charge in [-0.15, -0.1) is 10.2 Å². The largest absolute Gasteiger partial charge is 0.314 e. The lowest BCUT2D eigenvalue weighted by Crippen LogP contribution is -2.08. The second-order valence-corrected chi connectivity index (χ2v) is 2.90. The van der Waals surface area contributed by atoms with Gasteiger partial charge < -0.3 is 4.57 Å². The molecule has 0 spiro atoms. The lowest BCUT2D eigenvalue weighted by Gasteiger charge is -1.94. The van der Waals surface area contributed by atoms with Gasteiger partial charge >= 0.3 is 0 Å². The standard InChI is InChI=1S/C7H9N3O/c1-10-4-8-9-7(10)6(11)5-2-3-5/h4-5H,2-3H2,1H3. The van der Waals surface area contributed by atoms with E-state index >= 15 is 0 Å². The van der Waals surface area contributed by atoms with Crippen molar-refractivity contribution in [1.29, 1.82) is 0 Å². The first kappa shape index (κ1) is 6.52. The van der Waals surface area contributed by atoms with Gasteiger partial charge in [-0.2, -0.15) is 0 Å². The molecule has 1 heterocycles. The number of Topliss-reactive ketones (excluding diaryl/α,β-unsaturated/α-hetero) is 1. The summed E-state index contributed by atoms with van der Waals surface area (Å²) in [7, 11) is 1.79. The Morgan fingerprint density at radius 2 is 2.45 bits per heavy atom. The summed E-state index contributed by atoms with van der Waals surface area (Å²) in [5, 5.41) is 7.39. The third kappa shape index (κ3) is 1.04. The third-order valence-corrected chi connectivity index (χ3v) is 1.88. The van der Waals surface area contributed by atoms with Crippen molar-refractivity contribution in [2.24, 2.45) is 13.0 Å². The molecule has 1 aromatic heterocycles. The normalized spacial score (nSPS) is 16.8. The Balaban J connectivity index is 2.27. The molecule has 1 fully saturated rings. The Morgan fingerprint density at radius 1 is 1.73 bits per heavy atom. The molecule has 0 saturated heterocycles. The molecule has 1 saturated carbocycles. The molecule has 1 aromatic rings. The van der Waals surface area contributed by atoms with Crippen LogP contribution in [-0.2, 0) is 7.05 Å². The highest BCUT2D eigenvalue weighted by atomic mass is 16.1. The van der Waals surface area contributed by atoms with E-state index in [1.54, 1.807) is 17.9 Å². The molecule has 0 bridgehead atoms. The smallest absolute Gasteiger partial charge is 0.203 e. The van der Waals surface area contributed by atoms with Gasteiger partial charge in [0.25, 0.3) is 0 Å². The summed E-state index contributed by atoms with van der Waals surface area (Å²) >= 11 is 0. The van der Waals surface area contributed by atoms with Crippen LogP contribution in [0.1, 0.15) is 23.5 Å². The third-order valence-electron chi connectivity index (χ3n) is 1.88. The SMILES string of the molecule is Cn1cnnc1C(=O)C1CC1. The molecule has 2 rings (SSSR count). The van der Waals surface area contributed by atoms with Gasteiger partial charge in [0.05, 0.1) is 0 Å². The number of aromatic nitrogens is 3. The molecule has 0 radical (unpaired) electrons. The predicted molar refractivity (Wildman–Crippen MR) is 38.1 cm³/mol. The number of hydrogen-bond donors (Lipinski definition) is 0. The number of ketones is 1. The molecule has 1 aliphatic rings. The number of nitrogens with zero attached hydrogens (tertiary/aromatic N) is 3. The van der Waals surface area contributed by atoms with E-state index in [1.807, 2.05) is 0 Å². The second-order valence-electron chi connectivity index (χ2n) is 2.90. The van der Waals surface area contributed by atoms with Crippen molar-refractivity contribution in [3.63, 3.8) is 0 Å². The highest BCUT2D eigenvalue weighted by Crippen LogP contribution is 2.31. The van der Waals surface area contributed by atoms with E-state index in [9.17, 15) is 4.79 Å². The molecule has 0 aliphatic heterocycles. The fraction of sp³-hybridized carbons (Fsp3) is 0.571. The van der Waals surface area contributed by atoms with Gasteiger partial charge in [0.1, 0.15) is 6.33 Å². The van der Waals surface area contributed by atoms with E-state index in [4.69, 9.17) is 0 Å². The first-order chi connectivity index (χ1) is 5.29. The van der Waals surface area contributed by atoms with Crippen molar-refractivity contribution in [1.82, 2.24) is 14.8 Å². The van der Waals surface area contributed by atoms with Gasteiger partial charge in [-0.25, -0.2) is 0 Å². The van der Waals surface area contributed by atoms with Crippen LogP contribution in [0.5, 0.6) is 0 Å². The molecule has 0 N–H and O–H groups in total. The van der Waals surface area contributed by atoms with Gasteiger partial charge in [-0.1, -0.05) is 0 Å². The van der Waals surface area contributed by atoms with Crippen LogP contribution < -0.4 is 0 Å². The zero-order chi connectivity index (χ0) is 7.84. The van der Waals surface area contributed by atoms with Gasteiger partial charge in [0, 0.05) is 13.0 Å². The van der Waals surface area contributed by atoms with Gasteiger partial charge in [0.15, 0.2) is 5.82 Å². The summed E-state index contributed by atoms with van der Waals surface area (Å²) in [5.41, 5.74) is 0. The van der Waals surface area contributed by atoms with E-state index in [0.717, 1.165) is 12.8 Å². The lowest BCUT2D eigenvalue weighted by molar-refractivity contribution is 0.0954. The molecule has 0 unspecified atom stereocenters. The van der Waals surface area contributed by atoms with Gasteiger partial charge in [-0.3, -0.25) is 4.79 Å². The monoisotopic (exact) mass is 151 g/mol. The quantitative estimate of drug-likeness (QED) is 0.575. The van der Waals surface area contributed by atoms with Crippen LogP contribution in [0.15, 0.2) is 6.33 Å². The molecule has 0 atom stereocenters. The van der Waals surface area contributed by atoms with Crippen molar-refractivity contribution in [3.8, 4) is 0 Å². The van der Waals surface area contributed by atoms with Crippen LogP contribution >= 0.6 is 0 Å². The maximum absolute atomic E-state index is 11.4. The first-order valence-corrected chi connectivity index (χ1v) is 3.67. The summed E-state index contributed by atoms with van der Waals surface area (Å²) < 4.78 is 1.67. The lowest BCUT2D eigenvalue weighted by atomic mass is 10.2. The molecule has 4 nitrogen and oxygen atoms in total. The van der Waals surface area contributed by atoms with E-state index in [1.165, 1.54) is 0 Å². The second kappa shape index (κ2) is 2.15. The Hall–Kier alpha value is -1.19. The maximum Gasteiger partial charge on any atom is 0.203 e. The van der Waals surface area contributed by atoms with Crippen LogP contribution in [0, 0.1) is 5.92 Å². The average molecular weight is 151 g/mol. The fourth-order valence-corrected chi connectivity index (χ4v) is 1.03. The average Bonchev–Trinajstić information content (AvgIpc) is 2.74. The van der Waals surface area contributed by atoms with Crippen LogP contribution in [-0.4, -0.2) is 20.5 Å². The minimum atomic E-state index is 0.144. The topological polar surface area (TPSA) is 47.8 Å². The van der Waals surface area contributed by atoms with Crippen LogP contribution in [0.3, 0.4) is 0 Å². The van der Waals surface area contributed by atoms with E-state index in [-0.39, 0.29) is 11.7 Å². The van der Waals surface area contributed by atoms with E-state index in [2.05, 4.69) is 10.2 Å². The highest BCUT2D eigenvalue weighted by molar-refractivity contribution is 5.96. The summed E-state index contributed by atoms with van der Waals surface area (Å²) in [6.45, 7) is 0. The molecular formula is C7H9N3O.